The molecule has 0 fully saturated rings. The first kappa shape index (κ1) is 119. The first-order valence-electron chi connectivity index (χ1n) is 40.4. The summed E-state index contributed by atoms with van der Waals surface area (Å²) in [5.41, 5.74) is 26.6. The van der Waals surface area contributed by atoms with Gasteiger partial charge in [-0.25, -0.2) is 4.79 Å². The molecule has 0 bridgehead atoms. The number of nitrogens with one attached hydrogen (secondary N) is 22. The van der Waals surface area contributed by atoms with Crippen molar-refractivity contribution in [2.75, 3.05) is 117 Å². The number of aliphatic carboxylic acids is 2. The molecule has 0 heterocycles. The molecule has 1 aromatic rings. The zero-order valence-electron chi connectivity index (χ0n) is 72.9. The predicted molar refractivity (Wildman–Crippen MR) is 457 cm³/mol. The molecule has 137 heavy (non-hydrogen) atoms. The molecule has 26 amide bonds. The molecule has 0 aliphatic heterocycles. The highest BCUT2D eigenvalue weighted by Crippen LogP contribution is 2.13. The van der Waals surface area contributed by atoms with Crippen LogP contribution in [-0.4, -0.2) is 396 Å². The molecule has 0 saturated heterocycles. The molecule has 0 aliphatic rings. The van der Waals surface area contributed by atoms with E-state index in [4.69, 9.17) is 28.7 Å². The minimum atomic E-state index is -2.21. The number of thioether (sulfide) groups is 1. The Morgan fingerprint density at radius 3 is 0.839 bits per heavy atom. The summed E-state index contributed by atoms with van der Waals surface area (Å²) >= 11 is 1.24. The summed E-state index contributed by atoms with van der Waals surface area (Å²) < 4.78 is 0. The Morgan fingerprint density at radius 2 is 0.526 bits per heavy atom. The van der Waals surface area contributed by atoms with Gasteiger partial charge in [0, 0.05) is 19.3 Å². The third-order valence-electron chi connectivity index (χ3n) is 17.6. The van der Waals surface area contributed by atoms with E-state index in [0.717, 1.165) is 0 Å². The quantitative estimate of drug-likeness (QED) is 0.0288. The maximum absolute atomic E-state index is 13.9. The Balaban J connectivity index is 2.82. The van der Waals surface area contributed by atoms with E-state index in [0.29, 0.717) is 0 Å². The number of phenolic OH excluding ortho intramolecular Hbond substituents is 1. The van der Waals surface area contributed by atoms with Crippen molar-refractivity contribution in [2.24, 2.45) is 28.7 Å². The molecule has 0 aromatic heterocycles. The second-order valence-corrected chi connectivity index (χ2v) is 29.7. The van der Waals surface area contributed by atoms with Gasteiger partial charge < -0.3 is 186 Å². The van der Waals surface area contributed by atoms with Gasteiger partial charge >= 0.3 is 11.9 Å². The van der Waals surface area contributed by atoms with Gasteiger partial charge in [-0.1, -0.05) is 12.1 Å². The average molecular weight is 1970 g/mol. The number of aliphatic hydroxyl groups is 5. The largest absolute Gasteiger partial charge is 0.508 e. The topological polar surface area (TPSA) is 1030 Å². The number of phenols is 1. The van der Waals surface area contributed by atoms with Crippen LogP contribution in [0, 0.1) is 0 Å². The highest BCUT2D eigenvalue weighted by molar-refractivity contribution is 7.98. The van der Waals surface area contributed by atoms with Crippen LogP contribution in [-0.2, 0) is 141 Å². The van der Waals surface area contributed by atoms with Crippen molar-refractivity contribution in [2.45, 2.75) is 130 Å². The first-order chi connectivity index (χ1) is 64.5. The summed E-state index contributed by atoms with van der Waals surface area (Å²) in [6, 6.07) is -17.2. The fourth-order valence-corrected chi connectivity index (χ4v) is 10.9. The zero-order valence-corrected chi connectivity index (χ0v) is 73.7. The first-order valence-corrected chi connectivity index (χ1v) is 41.8. The van der Waals surface area contributed by atoms with Crippen molar-refractivity contribution >= 4 is 177 Å². The van der Waals surface area contributed by atoms with Gasteiger partial charge in [0.15, 0.2) is 0 Å². The molecular formula is C73H111N27O36S. The number of carboxylic acid groups (broad SMARTS) is 2. The Morgan fingerprint density at radius 1 is 0.277 bits per heavy atom. The lowest BCUT2D eigenvalue weighted by Gasteiger charge is -2.26. The second-order valence-electron chi connectivity index (χ2n) is 28.7. The summed E-state index contributed by atoms with van der Waals surface area (Å²) in [4.78, 5) is 354. The van der Waals surface area contributed by atoms with E-state index in [2.05, 4.69) is 79.8 Å². The minimum Gasteiger partial charge on any atom is -0.508 e. The number of carbonyl (C=O) groups excluding carboxylic acids is 26. The maximum Gasteiger partial charge on any atom is 0.326 e. The molecule has 0 saturated carbocycles. The van der Waals surface area contributed by atoms with E-state index in [9.17, 15) is 175 Å². The minimum absolute atomic E-state index is 0.0766. The number of nitrogens with two attached hydrogens (primary N) is 5. The molecule has 64 heteroatoms. The van der Waals surface area contributed by atoms with Crippen LogP contribution in [0.3, 0.4) is 0 Å². The zero-order chi connectivity index (χ0) is 104. The SMILES string of the molecule is CSCC[C@H](NC(=O)[C@H](CO)NC(=O)[C@H](CO)NC(=O)[C@H](CCC(N)=O)NC(=O)[C@H](CC(=O)O)NC(=O)[C@H](CCC(N)=O)NC(=O)CNC(=O)[C@H](Cc1ccc(O)cc1)NC(=O)[C@H](CC(N)=O)NC(=O)CNC(=O)CNC(=O)CNC(=O)CNC(=O)CNC(=O)CNC(=O)CNC(=O)CNC(=O)CNC(=O)CNC(=O)[C@H](CO)NC(=O)[C@H](CO)NC(=O)[C@H](CO)NC(=O)[C@@H](N)CC(N)=O)C(=O)O. The summed E-state index contributed by atoms with van der Waals surface area (Å²) in [6.45, 7) is -14.8. The van der Waals surface area contributed by atoms with Crippen molar-refractivity contribution in [1.82, 2.24) is 117 Å². The summed E-state index contributed by atoms with van der Waals surface area (Å²) in [5.74, 6) is -33.0. The van der Waals surface area contributed by atoms with E-state index in [1.165, 1.54) is 36.0 Å². The molecule has 63 nitrogen and oxygen atoms in total. The molecule has 0 unspecified atom stereocenters. The van der Waals surface area contributed by atoms with Crippen LogP contribution in [0.2, 0.25) is 0 Å². The van der Waals surface area contributed by atoms with Crippen LogP contribution < -0.4 is 146 Å². The summed E-state index contributed by atoms with van der Waals surface area (Å²) in [5, 5.41) is 124. The fraction of sp³-hybridized carbons (Fsp3) is 0.534. The molecule has 760 valence electrons. The van der Waals surface area contributed by atoms with Gasteiger partial charge in [0.25, 0.3) is 0 Å². The molecule has 40 N–H and O–H groups in total. The summed E-state index contributed by atoms with van der Waals surface area (Å²) in [6.07, 6.45) is -4.62. The maximum atomic E-state index is 13.9. The molecular weight excluding hydrogens is 1860 g/mol. The number of primary amides is 4. The lowest BCUT2D eigenvalue weighted by atomic mass is 10.0. The fourth-order valence-electron chi connectivity index (χ4n) is 10.5. The number of aromatic hydroxyl groups is 1. The number of carbonyl (C=O) groups is 28. The Kier molecular flexibility index (Phi) is 55.9. The van der Waals surface area contributed by atoms with E-state index in [1.807, 2.05) is 37.2 Å². The van der Waals surface area contributed by atoms with Crippen molar-refractivity contribution < 1.29 is 175 Å². The predicted octanol–water partition coefficient (Wildman–Crippen LogP) is -23.6. The number of hydrogen-bond donors (Lipinski definition) is 35. The van der Waals surface area contributed by atoms with Crippen LogP contribution in [0.15, 0.2) is 24.3 Å². The van der Waals surface area contributed by atoms with Gasteiger partial charge in [0.2, 0.25) is 154 Å². The van der Waals surface area contributed by atoms with Crippen LogP contribution >= 0.6 is 11.8 Å². The Hall–Kier alpha value is -15.7. The lowest BCUT2D eigenvalue weighted by molar-refractivity contribution is -0.143. The Labute approximate surface area is 778 Å². The molecule has 0 radical (unpaired) electrons. The van der Waals surface area contributed by atoms with E-state index >= 15 is 0 Å². The number of rotatable bonds is 67. The highest BCUT2D eigenvalue weighted by Gasteiger charge is 2.37. The lowest BCUT2D eigenvalue weighted by Crippen LogP contribution is -2.61. The third-order valence-corrected chi connectivity index (χ3v) is 18.3. The molecule has 12 atom stereocenters. The van der Waals surface area contributed by atoms with Gasteiger partial charge in [0.1, 0.15) is 72.2 Å². The number of carboxylic acids is 2. The van der Waals surface area contributed by atoms with Crippen molar-refractivity contribution in [3.05, 3.63) is 29.8 Å². The van der Waals surface area contributed by atoms with Gasteiger partial charge in [-0.3, -0.25) is 129 Å². The van der Waals surface area contributed by atoms with Gasteiger partial charge in [-0.05, 0) is 49.0 Å². The van der Waals surface area contributed by atoms with E-state index in [-0.39, 0.29) is 23.5 Å². The Bertz CT molecular complexity index is 4510. The molecule has 1 rings (SSSR count). The van der Waals surface area contributed by atoms with E-state index < -0.39 is 394 Å². The monoisotopic (exact) mass is 1970 g/mol. The van der Waals surface area contributed by atoms with Crippen molar-refractivity contribution in [3.63, 3.8) is 0 Å². The standard InChI is InChI=1S/C73H111N27O36S/c1-137-11-10-37(73(135)136)93-69(131)43(29-103)99-72(134)44(30-104)98-66(128)36(7-9-47(76)108)92-68(130)40(15-61(122)123)95-65(127)35(6-8-46(75)107)90-60(121)26-89-63(125)38(12-32-2-4-33(106)5-3-32)94-67(129)39(14-49(78)110)91-59(120)25-87-57(118)23-85-55(116)21-83-53(114)19-81-51(112)17-79-50(111)16-80-52(113)18-82-54(115)20-84-56(117)22-86-58(119)24-88-64(126)41(27-101)97-71(133)45(31-105)100-70(132)42(28-102)96-62(124)34(74)13-48(77)109/h2-5,34-45,101-106H,6-31,74H2,1H3,(H2,75,107)(H2,76,108)(H2,77,109)(H2,78,110)(H,79,111)(H,80,113)(H,81,112)(H,82,115)(H,83,114)(H,84,117)(H,85,116)(H,86,119)(H,87,118)(H,88,126)(H,89,125)(H,90,121)(H,91,120)(H,92,130)(H,93,131)(H,94,129)(H,95,127)(H,96,124)(H,97,133)(H,98,128)(H,99,134)(H,100,132)(H,122,123)(H,135,136)/t34-,35-,36-,37-,38-,39-,40-,41-,42-,43-,44-,45-/m0/s1. The molecule has 0 aliphatic carbocycles. The van der Waals surface area contributed by atoms with Crippen LogP contribution in [0.4, 0.5) is 0 Å². The number of hydrogen-bond acceptors (Lipinski definition) is 36. The third kappa shape index (κ3) is 51.2. The van der Waals surface area contributed by atoms with Gasteiger partial charge in [0.05, 0.1) is 130 Å². The van der Waals surface area contributed by atoms with Crippen LogP contribution in [0.25, 0.3) is 0 Å². The average Bonchev–Trinajstić information content (AvgIpc) is 0.843. The van der Waals surface area contributed by atoms with Gasteiger partial charge in [-0.2, -0.15) is 11.8 Å². The number of benzene rings is 1. The van der Waals surface area contributed by atoms with Crippen LogP contribution in [0.1, 0.15) is 56.9 Å². The molecule has 1 aromatic carbocycles. The number of amides is 26. The second kappa shape index (κ2) is 64.2. The van der Waals surface area contributed by atoms with Gasteiger partial charge in [-0.15, -0.1) is 0 Å². The smallest absolute Gasteiger partial charge is 0.326 e. The van der Waals surface area contributed by atoms with Crippen molar-refractivity contribution in [3.8, 4) is 5.75 Å². The normalized spacial score (nSPS) is 13.2. The van der Waals surface area contributed by atoms with Crippen LogP contribution in [0.5, 0.6) is 5.75 Å². The highest BCUT2D eigenvalue weighted by atomic mass is 32.2. The van der Waals surface area contributed by atoms with E-state index in [1.54, 1.807) is 6.26 Å². The number of aliphatic hydroxyl groups excluding tert-OH is 5. The van der Waals surface area contributed by atoms with Crippen molar-refractivity contribution in [1.29, 1.82) is 0 Å². The molecule has 0 spiro atoms. The summed E-state index contributed by atoms with van der Waals surface area (Å²) in [7, 11) is 0.